The first-order chi connectivity index (χ1) is 7.16. The highest BCUT2D eigenvalue weighted by Crippen LogP contribution is 2.22. The van der Waals surface area contributed by atoms with E-state index in [9.17, 15) is 0 Å². The van der Waals surface area contributed by atoms with Crippen molar-refractivity contribution in [2.45, 2.75) is 26.3 Å². The van der Waals surface area contributed by atoms with Gasteiger partial charge in [0, 0.05) is 18.7 Å². The molecule has 0 amide bonds. The van der Waals surface area contributed by atoms with Gasteiger partial charge in [0.15, 0.2) is 0 Å². The predicted molar refractivity (Wildman–Crippen MR) is 63.9 cm³/mol. The summed E-state index contributed by atoms with van der Waals surface area (Å²) in [7, 11) is 0. The van der Waals surface area contributed by atoms with E-state index in [-0.39, 0.29) is 6.04 Å². The van der Waals surface area contributed by atoms with E-state index in [1.807, 2.05) is 6.07 Å². The quantitative estimate of drug-likeness (QED) is 0.864. The molecule has 0 radical (unpaired) electrons. The van der Waals surface area contributed by atoms with E-state index in [0.717, 1.165) is 16.9 Å². The van der Waals surface area contributed by atoms with Gasteiger partial charge in [0.2, 0.25) is 0 Å². The van der Waals surface area contributed by atoms with Gasteiger partial charge in [0.1, 0.15) is 0 Å². The summed E-state index contributed by atoms with van der Waals surface area (Å²) in [5, 5.41) is 1.11. The van der Waals surface area contributed by atoms with Crippen molar-refractivity contribution < 1.29 is 0 Å². The average molecular weight is 221 g/mol. The van der Waals surface area contributed by atoms with E-state index in [2.05, 4.69) is 23.8 Å². The Hall–Kier alpha value is -1.00. The van der Waals surface area contributed by atoms with Gasteiger partial charge in [-0.25, -0.2) is 4.98 Å². The van der Waals surface area contributed by atoms with E-state index in [1.165, 1.54) is 4.70 Å². The third-order valence-corrected chi connectivity index (χ3v) is 3.56. The minimum atomic E-state index is 0.193. The molecule has 2 heterocycles. The van der Waals surface area contributed by atoms with Crippen LogP contribution < -0.4 is 5.73 Å². The number of thiazole rings is 1. The monoisotopic (exact) mass is 221 g/mol. The number of aromatic nitrogens is 2. The molecule has 0 saturated carbocycles. The van der Waals surface area contributed by atoms with Crippen LogP contribution in [0.4, 0.5) is 0 Å². The van der Waals surface area contributed by atoms with Gasteiger partial charge >= 0.3 is 0 Å². The molecular weight excluding hydrogens is 206 g/mol. The summed E-state index contributed by atoms with van der Waals surface area (Å²) in [5.41, 5.74) is 7.00. The Kier molecular flexibility index (Phi) is 2.98. The first-order valence-electron chi connectivity index (χ1n) is 5.12. The summed E-state index contributed by atoms with van der Waals surface area (Å²) < 4.78 is 1.19. The first-order valence-corrected chi connectivity index (χ1v) is 5.93. The van der Waals surface area contributed by atoms with E-state index < -0.39 is 0 Å². The van der Waals surface area contributed by atoms with Crippen molar-refractivity contribution in [2.75, 3.05) is 0 Å². The maximum Gasteiger partial charge on any atom is 0.0998 e. The van der Waals surface area contributed by atoms with Crippen LogP contribution in [-0.4, -0.2) is 16.0 Å². The maximum atomic E-state index is 6.02. The number of fused-ring (bicyclic) bond motifs is 1. The SMILES string of the molecule is CC(C)C(N)Cc1nc2cnccc2s1. The Morgan fingerprint density at radius 2 is 2.27 bits per heavy atom. The summed E-state index contributed by atoms with van der Waals surface area (Å²) in [6.45, 7) is 4.28. The fraction of sp³-hybridized carbons (Fsp3) is 0.455. The van der Waals surface area contributed by atoms with E-state index >= 15 is 0 Å². The van der Waals surface area contributed by atoms with Crippen LogP contribution in [0.2, 0.25) is 0 Å². The number of rotatable bonds is 3. The molecule has 2 rings (SSSR count). The molecule has 0 bridgehead atoms. The summed E-state index contributed by atoms with van der Waals surface area (Å²) in [6.07, 6.45) is 4.46. The van der Waals surface area contributed by atoms with Crippen molar-refractivity contribution in [3.63, 3.8) is 0 Å². The Morgan fingerprint density at radius 1 is 1.47 bits per heavy atom. The molecule has 1 unspecified atom stereocenters. The van der Waals surface area contributed by atoms with E-state index in [1.54, 1.807) is 23.7 Å². The second kappa shape index (κ2) is 4.24. The molecule has 0 aromatic carbocycles. The lowest BCUT2D eigenvalue weighted by Crippen LogP contribution is -2.28. The summed E-state index contributed by atoms with van der Waals surface area (Å²) in [6, 6.07) is 2.19. The van der Waals surface area contributed by atoms with Gasteiger partial charge in [0.05, 0.1) is 21.4 Å². The number of pyridine rings is 1. The smallest absolute Gasteiger partial charge is 0.0998 e. The lowest BCUT2D eigenvalue weighted by molar-refractivity contribution is 0.490. The van der Waals surface area contributed by atoms with E-state index in [4.69, 9.17) is 5.73 Å². The van der Waals surface area contributed by atoms with Crippen LogP contribution in [0.1, 0.15) is 18.9 Å². The molecule has 15 heavy (non-hydrogen) atoms. The second-order valence-electron chi connectivity index (χ2n) is 4.06. The topological polar surface area (TPSA) is 51.8 Å². The van der Waals surface area contributed by atoms with Crippen molar-refractivity contribution in [2.24, 2.45) is 11.7 Å². The predicted octanol–water partition coefficient (Wildman–Crippen LogP) is 2.22. The third kappa shape index (κ3) is 2.33. The molecule has 2 N–H and O–H groups in total. The Labute approximate surface area is 93.4 Å². The van der Waals surface area contributed by atoms with Gasteiger partial charge in [-0.3, -0.25) is 4.98 Å². The summed E-state index contributed by atoms with van der Waals surface area (Å²) in [5.74, 6) is 0.495. The van der Waals surface area contributed by atoms with E-state index in [0.29, 0.717) is 5.92 Å². The van der Waals surface area contributed by atoms with Gasteiger partial charge in [-0.2, -0.15) is 0 Å². The highest BCUT2D eigenvalue weighted by Gasteiger charge is 2.11. The van der Waals surface area contributed by atoms with Gasteiger partial charge in [-0.05, 0) is 12.0 Å². The molecule has 0 spiro atoms. The number of hydrogen-bond acceptors (Lipinski definition) is 4. The van der Waals surface area contributed by atoms with Crippen LogP contribution >= 0.6 is 11.3 Å². The van der Waals surface area contributed by atoms with Crippen LogP contribution in [0, 0.1) is 5.92 Å². The molecule has 80 valence electrons. The minimum absolute atomic E-state index is 0.193. The van der Waals surface area contributed by atoms with Gasteiger partial charge < -0.3 is 5.73 Å². The number of hydrogen-bond donors (Lipinski definition) is 1. The van der Waals surface area contributed by atoms with Crippen molar-refractivity contribution in [3.8, 4) is 0 Å². The van der Waals surface area contributed by atoms with Gasteiger partial charge in [-0.1, -0.05) is 13.8 Å². The fourth-order valence-electron chi connectivity index (χ4n) is 1.35. The Morgan fingerprint density at radius 3 is 2.93 bits per heavy atom. The van der Waals surface area contributed by atoms with Crippen molar-refractivity contribution in [3.05, 3.63) is 23.5 Å². The number of nitrogens with two attached hydrogens (primary N) is 1. The summed E-state index contributed by atoms with van der Waals surface area (Å²) in [4.78, 5) is 8.56. The largest absolute Gasteiger partial charge is 0.327 e. The molecule has 0 saturated heterocycles. The van der Waals surface area contributed by atoms with Crippen LogP contribution in [0.25, 0.3) is 10.2 Å². The normalized spacial score (nSPS) is 13.6. The van der Waals surface area contributed by atoms with Crippen molar-refractivity contribution in [1.82, 2.24) is 9.97 Å². The highest BCUT2D eigenvalue weighted by molar-refractivity contribution is 7.18. The minimum Gasteiger partial charge on any atom is -0.327 e. The lowest BCUT2D eigenvalue weighted by Gasteiger charge is -2.12. The first kappa shape index (κ1) is 10.5. The van der Waals surface area contributed by atoms with Crippen molar-refractivity contribution in [1.29, 1.82) is 0 Å². The zero-order chi connectivity index (χ0) is 10.8. The molecule has 2 aromatic rings. The Balaban J connectivity index is 2.22. The molecule has 2 aromatic heterocycles. The molecule has 3 nitrogen and oxygen atoms in total. The van der Waals surface area contributed by atoms with Crippen molar-refractivity contribution >= 4 is 21.6 Å². The van der Waals surface area contributed by atoms with Crippen LogP contribution in [-0.2, 0) is 6.42 Å². The lowest BCUT2D eigenvalue weighted by atomic mass is 10.0. The molecule has 0 fully saturated rings. The maximum absolute atomic E-state index is 6.02. The fourth-order valence-corrected chi connectivity index (χ4v) is 2.36. The van der Waals surface area contributed by atoms with Crippen LogP contribution in [0.15, 0.2) is 18.5 Å². The average Bonchev–Trinajstić information content (AvgIpc) is 2.59. The van der Waals surface area contributed by atoms with Gasteiger partial charge in [0.25, 0.3) is 0 Å². The van der Waals surface area contributed by atoms with Crippen LogP contribution in [0.3, 0.4) is 0 Å². The third-order valence-electron chi connectivity index (χ3n) is 2.50. The van der Waals surface area contributed by atoms with Gasteiger partial charge in [-0.15, -0.1) is 11.3 Å². The molecule has 0 aliphatic heterocycles. The highest BCUT2D eigenvalue weighted by atomic mass is 32.1. The standard InChI is InChI=1S/C11H15N3S/c1-7(2)8(12)5-11-14-9-6-13-4-3-10(9)15-11/h3-4,6-8H,5,12H2,1-2H3. The Bertz CT molecular complexity index is 417. The molecule has 0 aliphatic rings. The summed E-state index contributed by atoms with van der Waals surface area (Å²) >= 11 is 1.71. The zero-order valence-electron chi connectivity index (χ0n) is 8.97. The molecular formula is C11H15N3S. The zero-order valence-corrected chi connectivity index (χ0v) is 9.79. The second-order valence-corrected chi connectivity index (χ2v) is 5.18. The van der Waals surface area contributed by atoms with Crippen LogP contribution in [0.5, 0.6) is 0 Å². The molecule has 0 aliphatic carbocycles. The molecule has 4 heteroatoms. The number of nitrogens with zero attached hydrogens (tertiary/aromatic N) is 2. The molecule has 1 atom stereocenters.